The number of carbonyl (C=O) groups excluding carboxylic acids is 2. The van der Waals surface area contributed by atoms with Crippen molar-refractivity contribution in [1.82, 2.24) is 19.9 Å². The summed E-state index contributed by atoms with van der Waals surface area (Å²) in [7, 11) is 0. The number of aromatic amines is 2. The van der Waals surface area contributed by atoms with Crippen LogP contribution in [0.3, 0.4) is 0 Å². The van der Waals surface area contributed by atoms with Gasteiger partial charge in [-0.3, -0.25) is 9.59 Å². The Morgan fingerprint density at radius 1 is 0.600 bits per heavy atom. The first-order valence-corrected chi connectivity index (χ1v) is 12.4. The number of amides is 2. The number of nitrogens with one attached hydrogen (secondary N) is 4. The third kappa shape index (κ3) is 4.39. The van der Waals surface area contributed by atoms with Crippen molar-refractivity contribution >= 4 is 45.3 Å². The summed E-state index contributed by atoms with van der Waals surface area (Å²) in [4.78, 5) is 40.7. The van der Waals surface area contributed by atoms with Crippen molar-refractivity contribution < 1.29 is 18.4 Å². The molecule has 10 heteroatoms. The summed E-state index contributed by atoms with van der Waals surface area (Å²) in [6, 6.07) is 25.3. The Morgan fingerprint density at radius 3 is 1.90 bits per heavy atom. The minimum absolute atomic E-state index is 0.241. The van der Waals surface area contributed by atoms with Gasteiger partial charge in [-0.2, -0.15) is 0 Å². The molecular formula is C30H20N6O4. The Morgan fingerprint density at radius 2 is 1.20 bits per heavy atom. The van der Waals surface area contributed by atoms with Gasteiger partial charge in [0.2, 0.25) is 0 Å². The average Bonchev–Trinajstić information content (AvgIpc) is 3.79. The molecule has 0 aliphatic heterocycles. The van der Waals surface area contributed by atoms with Crippen molar-refractivity contribution in [3.63, 3.8) is 0 Å². The van der Waals surface area contributed by atoms with Crippen LogP contribution in [0.1, 0.15) is 21.1 Å². The molecule has 4 aromatic heterocycles. The zero-order valence-corrected chi connectivity index (χ0v) is 20.8. The van der Waals surface area contributed by atoms with E-state index in [1.54, 1.807) is 30.3 Å². The van der Waals surface area contributed by atoms with Gasteiger partial charge in [0.15, 0.2) is 11.5 Å². The minimum atomic E-state index is -0.322. The maximum absolute atomic E-state index is 12.3. The first-order chi connectivity index (χ1) is 19.6. The third-order valence-electron chi connectivity index (χ3n) is 6.40. The topological polar surface area (TPSA) is 142 Å². The Labute approximate surface area is 226 Å². The van der Waals surface area contributed by atoms with Crippen LogP contribution >= 0.6 is 0 Å². The molecule has 10 nitrogen and oxygen atoms in total. The van der Waals surface area contributed by atoms with E-state index in [4.69, 9.17) is 18.8 Å². The highest BCUT2D eigenvalue weighted by molar-refractivity contribution is 6.03. The van der Waals surface area contributed by atoms with Crippen LogP contribution in [0.25, 0.3) is 44.8 Å². The van der Waals surface area contributed by atoms with Crippen LogP contribution in [0, 0.1) is 0 Å². The van der Waals surface area contributed by atoms with Gasteiger partial charge in [0, 0.05) is 22.5 Å². The summed E-state index contributed by atoms with van der Waals surface area (Å²) in [6.45, 7) is 0. The van der Waals surface area contributed by atoms with E-state index in [1.165, 1.54) is 12.5 Å². The summed E-state index contributed by atoms with van der Waals surface area (Å²) in [5, 5.41) is 5.63. The fourth-order valence-corrected chi connectivity index (χ4v) is 4.43. The molecule has 7 aromatic rings. The lowest BCUT2D eigenvalue weighted by atomic mass is 10.2. The molecule has 0 aliphatic carbocycles. The second-order valence-corrected chi connectivity index (χ2v) is 9.07. The number of benzene rings is 3. The van der Waals surface area contributed by atoms with Crippen LogP contribution in [0.5, 0.6) is 0 Å². The third-order valence-corrected chi connectivity index (χ3v) is 6.40. The Bertz CT molecular complexity index is 1980. The summed E-state index contributed by atoms with van der Waals surface area (Å²) >= 11 is 0. The van der Waals surface area contributed by atoms with Gasteiger partial charge in [-0.25, -0.2) is 9.97 Å². The average molecular weight is 529 g/mol. The highest BCUT2D eigenvalue weighted by Crippen LogP contribution is 2.28. The van der Waals surface area contributed by atoms with Gasteiger partial charge in [-0.1, -0.05) is 0 Å². The number of hydrogen-bond acceptors (Lipinski definition) is 6. The molecule has 0 aliphatic rings. The SMILES string of the molecule is O=C(Nc1ccc(-c2nc3cc(-c4nc5ccc(NC(=O)c6ccco6)cc5[nH]4)ccc3[nH]2)cc1)c1ccco1. The van der Waals surface area contributed by atoms with Gasteiger partial charge < -0.3 is 29.4 Å². The van der Waals surface area contributed by atoms with Crippen molar-refractivity contribution in [2.45, 2.75) is 0 Å². The molecule has 0 saturated heterocycles. The fraction of sp³-hybridized carbons (Fsp3) is 0. The van der Waals surface area contributed by atoms with Gasteiger partial charge in [0.1, 0.15) is 11.6 Å². The molecular weight excluding hydrogens is 508 g/mol. The summed E-state index contributed by atoms with van der Waals surface area (Å²) in [5.74, 6) is 1.25. The molecule has 3 aromatic carbocycles. The lowest BCUT2D eigenvalue weighted by molar-refractivity contribution is 0.0989. The van der Waals surface area contributed by atoms with E-state index in [1.807, 2.05) is 54.6 Å². The van der Waals surface area contributed by atoms with E-state index >= 15 is 0 Å². The number of nitrogens with zero attached hydrogens (tertiary/aromatic N) is 2. The lowest BCUT2D eigenvalue weighted by Gasteiger charge is -2.04. The molecule has 7 rings (SSSR count). The fourth-order valence-electron chi connectivity index (χ4n) is 4.43. The van der Waals surface area contributed by atoms with Crippen molar-refractivity contribution in [2.24, 2.45) is 0 Å². The molecule has 0 bridgehead atoms. The standard InChI is InChI=1S/C30H20N6O4/c37-29(25-3-1-13-39-25)31-19-8-5-17(6-9-19)27-33-21-11-7-18(15-23(21)35-27)28-34-22-12-10-20(16-24(22)36-28)32-30(38)26-4-2-14-40-26/h1-16H,(H,31,37)(H,32,38)(H,33,35)(H,34,36). The second kappa shape index (κ2) is 9.44. The second-order valence-electron chi connectivity index (χ2n) is 9.07. The normalized spacial score (nSPS) is 11.2. The predicted molar refractivity (Wildman–Crippen MR) is 150 cm³/mol. The molecule has 0 atom stereocenters. The number of furan rings is 2. The first kappa shape index (κ1) is 23.2. The van der Waals surface area contributed by atoms with Crippen molar-refractivity contribution in [3.8, 4) is 22.8 Å². The molecule has 2 amide bonds. The zero-order valence-electron chi connectivity index (χ0n) is 20.8. The molecule has 4 heterocycles. The number of rotatable bonds is 6. The van der Waals surface area contributed by atoms with Crippen LogP contribution < -0.4 is 10.6 Å². The van der Waals surface area contributed by atoms with E-state index < -0.39 is 0 Å². The van der Waals surface area contributed by atoms with E-state index in [-0.39, 0.29) is 23.3 Å². The zero-order chi connectivity index (χ0) is 27.1. The molecule has 0 fully saturated rings. The maximum atomic E-state index is 12.3. The van der Waals surface area contributed by atoms with Gasteiger partial charge >= 0.3 is 0 Å². The molecule has 0 saturated carbocycles. The van der Waals surface area contributed by atoms with Crippen molar-refractivity contribution in [3.05, 3.63) is 109 Å². The van der Waals surface area contributed by atoms with Crippen LogP contribution in [-0.4, -0.2) is 31.8 Å². The van der Waals surface area contributed by atoms with Gasteiger partial charge in [-0.05, 0) is 84.9 Å². The first-order valence-electron chi connectivity index (χ1n) is 12.4. The van der Waals surface area contributed by atoms with Crippen molar-refractivity contribution in [1.29, 1.82) is 0 Å². The summed E-state index contributed by atoms with van der Waals surface area (Å²) < 4.78 is 10.3. The van der Waals surface area contributed by atoms with Crippen LogP contribution in [0.15, 0.2) is 106 Å². The highest BCUT2D eigenvalue weighted by Gasteiger charge is 2.13. The van der Waals surface area contributed by atoms with E-state index in [0.29, 0.717) is 23.0 Å². The van der Waals surface area contributed by atoms with Crippen LogP contribution in [0.4, 0.5) is 11.4 Å². The number of fused-ring (bicyclic) bond motifs is 2. The Hall–Kier alpha value is -5.90. The minimum Gasteiger partial charge on any atom is -0.459 e. The lowest BCUT2D eigenvalue weighted by Crippen LogP contribution is -2.10. The van der Waals surface area contributed by atoms with Gasteiger partial charge in [-0.15, -0.1) is 0 Å². The molecule has 4 N–H and O–H groups in total. The molecule has 194 valence electrons. The van der Waals surface area contributed by atoms with Gasteiger partial charge in [0.25, 0.3) is 11.8 Å². The molecule has 40 heavy (non-hydrogen) atoms. The maximum Gasteiger partial charge on any atom is 0.291 e. The Balaban J connectivity index is 1.11. The summed E-state index contributed by atoms with van der Waals surface area (Å²) in [5.41, 5.74) is 6.26. The van der Waals surface area contributed by atoms with Crippen LogP contribution in [0.2, 0.25) is 0 Å². The number of H-pyrrole nitrogens is 2. The molecule has 0 radical (unpaired) electrons. The highest BCUT2D eigenvalue weighted by atomic mass is 16.3. The number of imidazole rings is 2. The monoisotopic (exact) mass is 528 g/mol. The number of hydrogen-bond donors (Lipinski definition) is 4. The smallest absolute Gasteiger partial charge is 0.291 e. The molecule has 0 unspecified atom stereocenters. The largest absolute Gasteiger partial charge is 0.459 e. The predicted octanol–water partition coefficient (Wildman–Crippen LogP) is 6.46. The molecule has 0 spiro atoms. The van der Waals surface area contributed by atoms with E-state index in [0.717, 1.165) is 33.2 Å². The number of carbonyl (C=O) groups is 2. The quantitative estimate of drug-likeness (QED) is 0.195. The van der Waals surface area contributed by atoms with Gasteiger partial charge in [0.05, 0.1) is 34.6 Å². The Kier molecular flexibility index (Phi) is 5.48. The van der Waals surface area contributed by atoms with E-state index in [2.05, 4.69) is 20.6 Å². The van der Waals surface area contributed by atoms with Crippen molar-refractivity contribution in [2.75, 3.05) is 10.6 Å². The van der Waals surface area contributed by atoms with E-state index in [9.17, 15) is 9.59 Å². The number of anilines is 2. The number of aromatic nitrogens is 4. The van der Waals surface area contributed by atoms with Crippen LogP contribution in [-0.2, 0) is 0 Å². The summed E-state index contributed by atoms with van der Waals surface area (Å²) in [6.07, 6.45) is 2.92.